The Balaban J connectivity index is -0.0000000525. The standard InChI is InChI=1S/C2H6O9P4.C2H4O3.C2H6O2.2CH4O5P2.2CH4.2Ti/c1-12(3)9-14(5,6)11-15(7,8)10-13(2)4;3-1-2(4)5;3-1-2-4;2*1-7(2)6-8(3,4)5;;;;/h1-2H3;3H,1H2,(H,4,5);3-4H,1-2H2;2*1H3,(H-,3,4,5);2*1H4;;/p+4. The zero-order valence-corrected chi connectivity index (χ0v) is 31.7. The van der Waals surface area contributed by atoms with Crippen molar-refractivity contribution in [1.29, 1.82) is 0 Å². The molecule has 0 aliphatic carbocycles. The number of hydrogen-bond donors (Lipinski definition) is 10. The van der Waals surface area contributed by atoms with Gasteiger partial charge in [0.2, 0.25) is 0 Å². The molecule has 0 spiro atoms. The van der Waals surface area contributed by atoms with Crippen molar-refractivity contribution in [3.8, 4) is 0 Å². The van der Waals surface area contributed by atoms with Gasteiger partial charge in [-0.2, -0.15) is 4.31 Å². The molecule has 0 fully saturated rings. The molecule has 6 atom stereocenters. The molecule has 0 aliphatic heterocycles. The second-order valence-electron chi connectivity index (χ2n) is 5.08. The Morgan fingerprint density at radius 3 is 0.818 bits per heavy atom. The van der Waals surface area contributed by atoms with Crippen LogP contribution >= 0.6 is 63.4 Å². The molecule has 34 heteroatoms. The number of carbonyl (C=O) groups is 1. The second-order valence-corrected chi connectivity index (χ2v) is 15.7. The Morgan fingerprint density at radius 2 is 0.750 bits per heavy atom. The van der Waals surface area contributed by atoms with Gasteiger partial charge in [0.25, 0.3) is 0 Å². The molecule has 0 aliphatic rings. The van der Waals surface area contributed by atoms with Crippen LogP contribution in [0.25, 0.3) is 0 Å². The van der Waals surface area contributed by atoms with E-state index in [0.717, 1.165) is 26.7 Å². The minimum absolute atomic E-state index is 0. The largest absolute Gasteiger partial charge is 0.524 e. The Labute approximate surface area is 285 Å². The zero-order chi connectivity index (χ0) is 33.5. The first-order chi connectivity index (χ1) is 17.6. The van der Waals surface area contributed by atoms with Crippen LogP contribution in [0.1, 0.15) is 14.9 Å². The molecule has 0 saturated carbocycles. The molecular weight excluding hydrogens is 848 g/mol. The summed E-state index contributed by atoms with van der Waals surface area (Å²) in [6.45, 7) is 2.97. The third-order valence-corrected chi connectivity index (χ3v) is 10.0. The SMILES string of the molecule is C.C.C[P+](=O)OP(=O)(O)O.C[P+](=O)OP(=O)(O)O.C[P+](=O)OP(=O)(O)OP(=O)(O)O[P+](C)=O.O=C(O)CO.OCCO.[Ti].[Ti]. The van der Waals surface area contributed by atoms with Crippen molar-refractivity contribution in [2.45, 2.75) is 14.9 Å². The fourth-order valence-corrected chi connectivity index (χ4v) is 7.29. The van der Waals surface area contributed by atoms with Gasteiger partial charge >= 0.3 is 69.4 Å². The number of carboxylic acids is 1. The van der Waals surface area contributed by atoms with E-state index in [1.54, 1.807) is 0 Å². The van der Waals surface area contributed by atoms with E-state index in [2.05, 4.69) is 21.6 Å². The molecule has 0 saturated heterocycles. The fraction of sp³-hybridized carbons (Fsp3) is 0.900. The fourth-order valence-electron chi connectivity index (χ4n) is 0.750. The summed E-state index contributed by atoms with van der Waals surface area (Å²) in [5.41, 5.74) is 0. The second kappa shape index (κ2) is 36.0. The van der Waals surface area contributed by atoms with Crippen molar-refractivity contribution >= 4 is 69.4 Å². The minimum Gasteiger partial charge on any atom is -0.480 e. The molecule has 0 rings (SSSR count). The molecule has 0 heterocycles. The number of phosphoric acid groups is 4. The predicted octanol–water partition coefficient (Wildman–Crippen LogP) is 2.22. The number of rotatable bonds is 12. The van der Waals surface area contributed by atoms with Crippen molar-refractivity contribution in [1.82, 2.24) is 0 Å². The number of aliphatic hydroxyl groups is 3. The Bertz CT molecular complexity index is 925. The van der Waals surface area contributed by atoms with E-state index < -0.39 is 76.0 Å². The molecule has 264 valence electrons. The zero-order valence-electron chi connectivity index (χ0n) is 21.4. The molecule has 6 unspecified atom stereocenters. The van der Waals surface area contributed by atoms with E-state index in [0.29, 0.717) is 0 Å². The van der Waals surface area contributed by atoms with Gasteiger partial charge in [-0.25, -0.2) is 23.1 Å². The van der Waals surface area contributed by atoms with Crippen LogP contribution in [-0.4, -0.2) is 102 Å². The molecule has 24 nitrogen and oxygen atoms in total. The molecule has 10 N–H and O–H groups in total. The quantitative estimate of drug-likeness (QED) is 0.0992. The maximum atomic E-state index is 10.8. The van der Waals surface area contributed by atoms with Gasteiger partial charge in [0.1, 0.15) is 6.61 Å². The first-order valence-electron chi connectivity index (χ1n) is 8.51. The van der Waals surface area contributed by atoms with Crippen LogP contribution in [0.3, 0.4) is 0 Å². The number of carboxylic acid groups (broad SMARTS) is 1. The van der Waals surface area contributed by atoms with E-state index in [4.69, 9.17) is 54.6 Å². The molecule has 0 aromatic carbocycles. The van der Waals surface area contributed by atoms with Gasteiger partial charge in [0.05, 0.1) is 13.2 Å². The van der Waals surface area contributed by atoms with Crippen LogP contribution in [0.15, 0.2) is 0 Å². The van der Waals surface area contributed by atoms with Crippen LogP contribution in [0, 0.1) is 0 Å². The predicted molar refractivity (Wildman–Crippen MR) is 146 cm³/mol. The van der Waals surface area contributed by atoms with Gasteiger partial charge < -0.3 is 40.0 Å². The normalized spacial score (nSPS) is 13.8. The Hall–Kier alpha value is 1.66. The summed E-state index contributed by atoms with van der Waals surface area (Å²) in [5, 5.41) is 30.3. The third kappa shape index (κ3) is 84.5. The smallest absolute Gasteiger partial charge is 0.480 e. The monoisotopic (exact) mass is 884 g/mol. The summed E-state index contributed by atoms with van der Waals surface area (Å²) in [4.78, 5) is 58.2. The van der Waals surface area contributed by atoms with E-state index in [1.165, 1.54) is 0 Å². The average molecular weight is 884 g/mol. The van der Waals surface area contributed by atoms with Crippen LogP contribution in [0.4, 0.5) is 0 Å². The van der Waals surface area contributed by atoms with E-state index in [9.17, 15) is 36.5 Å². The summed E-state index contributed by atoms with van der Waals surface area (Å²) in [7, 11) is -28.4. The van der Waals surface area contributed by atoms with Gasteiger partial charge in [-0.1, -0.05) is 14.9 Å². The molecule has 0 amide bonds. The summed E-state index contributed by atoms with van der Waals surface area (Å²) >= 11 is 0. The summed E-state index contributed by atoms with van der Waals surface area (Å²) in [6, 6.07) is 0. The summed E-state index contributed by atoms with van der Waals surface area (Å²) in [6.07, 6.45) is 0. The van der Waals surface area contributed by atoms with Gasteiger partial charge in [-0.15, -0.1) is 0 Å². The van der Waals surface area contributed by atoms with Gasteiger partial charge in [-0.3, -0.25) is 9.79 Å². The van der Waals surface area contributed by atoms with E-state index in [1.807, 2.05) is 0 Å². The van der Waals surface area contributed by atoms with Crippen molar-refractivity contribution in [2.24, 2.45) is 0 Å². The Morgan fingerprint density at radius 1 is 0.568 bits per heavy atom. The van der Waals surface area contributed by atoms with Crippen molar-refractivity contribution in [3.05, 3.63) is 0 Å². The van der Waals surface area contributed by atoms with Crippen LogP contribution in [-0.2, 0) is 106 Å². The van der Waals surface area contributed by atoms with Gasteiger partial charge in [-0.05, 0) is 35.5 Å². The summed E-state index contributed by atoms with van der Waals surface area (Å²) < 4.78 is 100. The van der Waals surface area contributed by atoms with E-state index >= 15 is 0 Å². The molecule has 0 aromatic rings. The molecule has 0 bridgehead atoms. The number of hydrogen-bond acceptors (Lipinski definition) is 17. The first-order valence-corrected chi connectivity index (χ1v) is 21.1. The van der Waals surface area contributed by atoms with Crippen LogP contribution in [0.2, 0.25) is 0 Å². The Kier molecular flexibility index (Phi) is 55.4. The maximum absolute atomic E-state index is 10.8. The van der Waals surface area contributed by atoms with Gasteiger partial charge in [0, 0.05) is 43.4 Å². The average Bonchev–Trinajstić information content (AvgIpc) is 2.62. The van der Waals surface area contributed by atoms with Crippen LogP contribution in [0.5, 0.6) is 0 Å². The topological polar surface area (TPSA) is 402 Å². The van der Waals surface area contributed by atoms with E-state index in [-0.39, 0.29) is 71.5 Å². The minimum atomic E-state index is -4.98. The van der Waals surface area contributed by atoms with Crippen molar-refractivity contribution in [2.75, 3.05) is 46.5 Å². The maximum Gasteiger partial charge on any atom is 0.524 e. The van der Waals surface area contributed by atoms with Crippen molar-refractivity contribution in [3.63, 3.8) is 0 Å². The van der Waals surface area contributed by atoms with Crippen LogP contribution < -0.4 is 0 Å². The molecule has 0 radical (unpaired) electrons. The van der Waals surface area contributed by atoms with Crippen molar-refractivity contribution < 1.29 is 156 Å². The first kappa shape index (κ1) is 67.8. The van der Waals surface area contributed by atoms with Gasteiger partial charge in [0.15, 0.2) is 26.7 Å². The molecule has 44 heavy (non-hydrogen) atoms. The molecular formula is C10H36O24P8Ti2+4. The molecule has 0 aromatic heterocycles. The summed E-state index contributed by atoms with van der Waals surface area (Å²) in [5.74, 6) is -1.19. The third-order valence-electron chi connectivity index (χ3n) is 1.32. The number of aliphatic hydroxyl groups excluding tert-OH is 3. The number of aliphatic carboxylic acids is 1.